The maximum absolute atomic E-state index is 6.24. The van der Waals surface area contributed by atoms with Gasteiger partial charge in [-0.3, -0.25) is 0 Å². The van der Waals surface area contributed by atoms with Crippen LogP contribution in [0.15, 0.2) is 24.3 Å². The van der Waals surface area contributed by atoms with Crippen LogP contribution >= 0.6 is 0 Å². The predicted molar refractivity (Wildman–Crippen MR) is 94.7 cm³/mol. The van der Waals surface area contributed by atoms with Gasteiger partial charge in [0.05, 0.1) is 11.2 Å². The highest BCUT2D eigenvalue weighted by Crippen LogP contribution is 2.37. The Bertz CT molecular complexity index is 480. The van der Waals surface area contributed by atoms with Gasteiger partial charge in [-0.2, -0.15) is 0 Å². The van der Waals surface area contributed by atoms with Crippen LogP contribution in [0.25, 0.3) is 0 Å². The average Bonchev–Trinajstić information content (AvgIpc) is 2.67. The fourth-order valence-electron chi connectivity index (χ4n) is 3.00. The fraction of sp³-hybridized carbons (Fsp3) is 0.684. The lowest BCUT2D eigenvalue weighted by atomic mass is 9.72. The zero-order chi connectivity index (χ0) is 16.4. The molecule has 1 fully saturated rings. The molecule has 0 N–H and O–H groups in total. The van der Waals surface area contributed by atoms with Crippen molar-refractivity contribution in [3.8, 4) is 0 Å². The van der Waals surface area contributed by atoms with Gasteiger partial charge in [-0.25, -0.2) is 0 Å². The molecule has 1 aliphatic heterocycles. The Labute approximate surface area is 136 Å². The lowest BCUT2D eigenvalue weighted by Crippen LogP contribution is -2.41. The molecule has 1 unspecified atom stereocenters. The van der Waals surface area contributed by atoms with Crippen LogP contribution in [0.3, 0.4) is 0 Å². The normalized spacial score (nSPS) is 21.1. The van der Waals surface area contributed by atoms with Crippen LogP contribution in [-0.4, -0.2) is 18.3 Å². The molecule has 0 amide bonds. The van der Waals surface area contributed by atoms with Crippen molar-refractivity contribution in [3.05, 3.63) is 29.8 Å². The molecule has 2 rings (SSSR count). The number of rotatable bonds is 6. The van der Waals surface area contributed by atoms with E-state index in [1.165, 1.54) is 36.7 Å². The second kappa shape index (κ2) is 6.76. The van der Waals surface area contributed by atoms with Crippen LogP contribution < -0.4 is 5.46 Å². The summed E-state index contributed by atoms with van der Waals surface area (Å²) in [5.41, 5.74) is 2.01. The highest BCUT2D eigenvalue weighted by Gasteiger charge is 2.52. The fourth-order valence-corrected chi connectivity index (χ4v) is 3.00. The smallest absolute Gasteiger partial charge is 0.399 e. The van der Waals surface area contributed by atoms with Crippen molar-refractivity contribution in [1.29, 1.82) is 0 Å². The minimum atomic E-state index is -0.282. The van der Waals surface area contributed by atoms with E-state index < -0.39 is 0 Å². The van der Waals surface area contributed by atoms with Gasteiger partial charge in [0.25, 0.3) is 0 Å². The molecule has 1 aromatic carbocycles. The van der Waals surface area contributed by atoms with E-state index in [4.69, 9.17) is 9.31 Å². The number of unbranched alkanes of at least 4 members (excludes halogenated alkanes) is 2. The van der Waals surface area contributed by atoms with Crippen molar-refractivity contribution < 1.29 is 9.31 Å². The van der Waals surface area contributed by atoms with Gasteiger partial charge in [0.1, 0.15) is 0 Å². The largest absolute Gasteiger partial charge is 0.495 e. The van der Waals surface area contributed by atoms with Gasteiger partial charge in [0.15, 0.2) is 0 Å². The van der Waals surface area contributed by atoms with Gasteiger partial charge in [0.2, 0.25) is 0 Å². The van der Waals surface area contributed by atoms with Crippen molar-refractivity contribution >= 4 is 12.6 Å². The maximum Gasteiger partial charge on any atom is 0.495 e. The summed E-state index contributed by atoms with van der Waals surface area (Å²) >= 11 is 0. The molecule has 0 radical (unpaired) electrons. The van der Waals surface area contributed by atoms with E-state index in [1.807, 2.05) is 0 Å². The summed E-state index contributed by atoms with van der Waals surface area (Å²) in [6.07, 6.45) is 5.09. The van der Waals surface area contributed by atoms with Crippen molar-refractivity contribution in [1.82, 2.24) is 0 Å². The van der Waals surface area contributed by atoms with Crippen LogP contribution in [0.1, 0.15) is 78.7 Å². The summed E-state index contributed by atoms with van der Waals surface area (Å²) in [5.74, 6) is 0.543. The number of benzene rings is 1. The van der Waals surface area contributed by atoms with E-state index in [2.05, 4.69) is 65.8 Å². The molecule has 0 aromatic heterocycles. The summed E-state index contributed by atoms with van der Waals surface area (Å²) in [5, 5.41) is 0. The molecule has 1 aliphatic rings. The number of hydrogen-bond acceptors (Lipinski definition) is 2. The molecule has 2 nitrogen and oxygen atoms in total. The van der Waals surface area contributed by atoms with Crippen molar-refractivity contribution in [2.24, 2.45) is 0 Å². The van der Waals surface area contributed by atoms with Crippen LogP contribution in [0.4, 0.5) is 0 Å². The first-order chi connectivity index (χ1) is 10.3. The van der Waals surface area contributed by atoms with E-state index >= 15 is 0 Å². The van der Waals surface area contributed by atoms with Crippen LogP contribution in [-0.2, 0) is 9.31 Å². The monoisotopic (exact) mass is 302 g/mol. The average molecular weight is 302 g/mol. The Balaban J connectivity index is 2.19. The first kappa shape index (κ1) is 17.6. The minimum Gasteiger partial charge on any atom is -0.399 e. The Hall–Kier alpha value is -0.795. The molecule has 0 aliphatic carbocycles. The molecule has 3 heteroatoms. The van der Waals surface area contributed by atoms with E-state index in [9.17, 15) is 0 Å². The highest BCUT2D eigenvalue weighted by molar-refractivity contribution is 6.62. The first-order valence-electron chi connectivity index (χ1n) is 8.73. The van der Waals surface area contributed by atoms with Crippen LogP contribution in [0, 0.1) is 0 Å². The van der Waals surface area contributed by atoms with Gasteiger partial charge in [-0.15, -0.1) is 0 Å². The Kier molecular flexibility index (Phi) is 5.39. The molecular weight excluding hydrogens is 271 g/mol. The van der Waals surface area contributed by atoms with Crippen LogP contribution in [0.5, 0.6) is 0 Å². The van der Waals surface area contributed by atoms with E-state index in [-0.39, 0.29) is 18.3 Å². The van der Waals surface area contributed by atoms with E-state index in [0.717, 1.165) is 0 Å². The second-order valence-electron chi connectivity index (χ2n) is 7.61. The minimum absolute atomic E-state index is 0.255. The van der Waals surface area contributed by atoms with Gasteiger partial charge in [-0.1, -0.05) is 57.4 Å². The highest BCUT2D eigenvalue weighted by atomic mass is 16.7. The molecule has 0 spiro atoms. The third-order valence-corrected chi connectivity index (χ3v) is 5.27. The molecule has 1 aromatic rings. The zero-order valence-electron chi connectivity index (χ0n) is 15.1. The predicted octanol–water partition coefficient (Wildman–Crippen LogP) is 4.67. The zero-order valence-corrected chi connectivity index (χ0v) is 15.1. The number of hydrogen-bond donors (Lipinski definition) is 0. The van der Waals surface area contributed by atoms with Crippen LogP contribution in [0.2, 0.25) is 0 Å². The summed E-state index contributed by atoms with van der Waals surface area (Å²) in [4.78, 5) is 0. The Morgan fingerprint density at radius 1 is 1.00 bits per heavy atom. The molecule has 22 heavy (non-hydrogen) atoms. The first-order valence-corrected chi connectivity index (χ1v) is 8.73. The molecule has 0 bridgehead atoms. The van der Waals surface area contributed by atoms with Gasteiger partial charge < -0.3 is 9.31 Å². The standard InChI is InChI=1S/C19H31BO2/c1-7-8-9-12-15(2)16-13-10-11-14-17(16)20-21-18(3,4)19(5,6)22-20/h10-11,13-15H,7-9,12H2,1-6H3. The van der Waals surface area contributed by atoms with Gasteiger partial charge >= 0.3 is 7.12 Å². The van der Waals surface area contributed by atoms with E-state index in [0.29, 0.717) is 5.92 Å². The van der Waals surface area contributed by atoms with Gasteiger partial charge in [-0.05, 0) is 51.1 Å². The summed E-state index contributed by atoms with van der Waals surface area (Å²) < 4.78 is 12.5. The van der Waals surface area contributed by atoms with E-state index in [1.54, 1.807) is 0 Å². The molecule has 0 saturated carbocycles. The van der Waals surface area contributed by atoms with Crippen molar-refractivity contribution in [2.45, 2.75) is 84.3 Å². The summed E-state index contributed by atoms with van der Waals surface area (Å²) in [7, 11) is -0.255. The third kappa shape index (κ3) is 3.57. The Morgan fingerprint density at radius 2 is 1.59 bits per heavy atom. The quantitative estimate of drug-likeness (QED) is 0.561. The van der Waals surface area contributed by atoms with Gasteiger partial charge in [0, 0.05) is 0 Å². The molecule has 1 atom stereocenters. The molecule has 122 valence electrons. The molecule has 1 saturated heterocycles. The molecule has 1 heterocycles. The third-order valence-electron chi connectivity index (χ3n) is 5.27. The maximum atomic E-state index is 6.24. The lowest BCUT2D eigenvalue weighted by molar-refractivity contribution is 0.00578. The van der Waals surface area contributed by atoms with Crippen molar-refractivity contribution in [3.63, 3.8) is 0 Å². The topological polar surface area (TPSA) is 18.5 Å². The van der Waals surface area contributed by atoms with Crippen molar-refractivity contribution in [2.75, 3.05) is 0 Å². The second-order valence-corrected chi connectivity index (χ2v) is 7.61. The summed E-state index contributed by atoms with van der Waals surface area (Å²) in [6, 6.07) is 8.60. The molecular formula is C19H31BO2. The Morgan fingerprint density at radius 3 is 2.18 bits per heavy atom. The summed E-state index contributed by atoms with van der Waals surface area (Å²) in [6.45, 7) is 13.0. The SMILES string of the molecule is CCCCCC(C)c1ccccc1B1OC(C)(C)C(C)(C)O1. The lowest BCUT2D eigenvalue weighted by Gasteiger charge is -2.32.